The highest BCUT2D eigenvalue weighted by molar-refractivity contribution is 6.30. The van der Waals surface area contributed by atoms with Crippen LogP contribution in [0.15, 0.2) is 48.5 Å². The molecule has 0 saturated carbocycles. The summed E-state index contributed by atoms with van der Waals surface area (Å²) in [7, 11) is 0. The highest BCUT2D eigenvalue weighted by atomic mass is 35.5. The number of benzene rings is 2. The molecule has 4 rings (SSSR count). The minimum Gasteiger partial charge on any atom is -0.315 e. The maximum absolute atomic E-state index is 12.4. The lowest BCUT2D eigenvalue weighted by atomic mass is 9.88. The molecular formula is C32H46Cl2N4O2. The van der Waals surface area contributed by atoms with E-state index in [9.17, 15) is 9.59 Å². The summed E-state index contributed by atoms with van der Waals surface area (Å²) in [5.41, 5.74) is 2.10. The SMILES string of the molecule is CC(C)C(=O)[C@H](CN[C@@H]1CCNC1)c1ccc(Cl)cc1.CC(C)C(=O)[C@H](CN[C@H]1CCNC1)c1ccc(Cl)cc1. The number of hydrogen-bond acceptors (Lipinski definition) is 6. The monoisotopic (exact) mass is 588 g/mol. The van der Waals surface area contributed by atoms with E-state index in [1.807, 2.05) is 76.2 Å². The summed E-state index contributed by atoms with van der Waals surface area (Å²) in [6.45, 7) is 13.3. The van der Waals surface area contributed by atoms with Crippen molar-refractivity contribution in [3.8, 4) is 0 Å². The molecule has 2 aliphatic heterocycles. The Morgan fingerprint density at radius 2 is 1.05 bits per heavy atom. The molecule has 4 N–H and O–H groups in total. The molecule has 4 atom stereocenters. The van der Waals surface area contributed by atoms with Gasteiger partial charge in [-0.05, 0) is 61.3 Å². The van der Waals surface area contributed by atoms with Crippen LogP contribution in [0.25, 0.3) is 0 Å². The van der Waals surface area contributed by atoms with Gasteiger partial charge in [0.25, 0.3) is 0 Å². The first-order chi connectivity index (χ1) is 19.2. The van der Waals surface area contributed by atoms with E-state index in [-0.39, 0.29) is 35.2 Å². The second-order valence-electron chi connectivity index (χ2n) is 11.5. The number of ketones is 2. The van der Waals surface area contributed by atoms with Gasteiger partial charge in [0.15, 0.2) is 0 Å². The summed E-state index contributed by atoms with van der Waals surface area (Å²) in [5.74, 6) is 0.468. The van der Waals surface area contributed by atoms with Gasteiger partial charge in [0.1, 0.15) is 11.6 Å². The van der Waals surface area contributed by atoms with E-state index in [1.54, 1.807) is 0 Å². The molecule has 220 valence electrons. The predicted octanol–water partition coefficient (Wildman–Crippen LogP) is 5.20. The summed E-state index contributed by atoms with van der Waals surface area (Å²) < 4.78 is 0. The third-order valence-corrected chi connectivity index (χ3v) is 8.22. The first-order valence-electron chi connectivity index (χ1n) is 14.6. The molecular weight excluding hydrogens is 543 g/mol. The Morgan fingerprint density at radius 3 is 1.32 bits per heavy atom. The molecule has 6 nitrogen and oxygen atoms in total. The minimum atomic E-state index is -0.0899. The van der Waals surface area contributed by atoms with E-state index < -0.39 is 0 Å². The van der Waals surface area contributed by atoms with Crippen LogP contribution in [0.5, 0.6) is 0 Å². The number of hydrogen-bond donors (Lipinski definition) is 4. The molecule has 0 spiro atoms. The summed E-state index contributed by atoms with van der Waals surface area (Å²) in [6.07, 6.45) is 2.26. The Bertz CT molecular complexity index is 962. The molecule has 2 saturated heterocycles. The van der Waals surface area contributed by atoms with Gasteiger partial charge < -0.3 is 21.3 Å². The normalized spacial score (nSPS) is 20.3. The van der Waals surface area contributed by atoms with Gasteiger partial charge in [0.2, 0.25) is 0 Å². The van der Waals surface area contributed by atoms with Crippen molar-refractivity contribution in [2.45, 2.75) is 64.5 Å². The lowest BCUT2D eigenvalue weighted by molar-refractivity contribution is -0.124. The standard InChI is InChI=1S/2C16H23ClN2O/c2*1-11(2)16(20)15(10-19-14-7-8-18-9-14)12-3-5-13(17)6-4-12/h2*3-6,11,14-15,18-19H,7-10H2,1-2H3/t14-,15+;14-,15-/m01/s1. The Balaban J connectivity index is 0.000000220. The van der Waals surface area contributed by atoms with Gasteiger partial charge in [-0.3, -0.25) is 9.59 Å². The van der Waals surface area contributed by atoms with Crippen molar-refractivity contribution >= 4 is 34.8 Å². The predicted molar refractivity (Wildman–Crippen MR) is 167 cm³/mol. The van der Waals surface area contributed by atoms with Crippen molar-refractivity contribution in [2.24, 2.45) is 11.8 Å². The van der Waals surface area contributed by atoms with Gasteiger partial charge in [-0.1, -0.05) is 75.2 Å². The van der Waals surface area contributed by atoms with Crippen LogP contribution in [-0.4, -0.2) is 62.9 Å². The van der Waals surface area contributed by atoms with E-state index in [0.29, 0.717) is 35.2 Å². The zero-order valence-corrected chi connectivity index (χ0v) is 25.8. The van der Waals surface area contributed by atoms with Crippen LogP contribution in [0.4, 0.5) is 0 Å². The highest BCUT2D eigenvalue weighted by Crippen LogP contribution is 2.24. The van der Waals surface area contributed by atoms with Crippen LogP contribution in [0, 0.1) is 11.8 Å². The first-order valence-corrected chi connectivity index (χ1v) is 15.4. The van der Waals surface area contributed by atoms with Gasteiger partial charge >= 0.3 is 0 Å². The largest absolute Gasteiger partial charge is 0.315 e. The maximum atomic E-state index is 12.4. The summed E-state index contributed by atoms with van der Waals surface area (Å²) >= 11 is 11.9. The molecule has 0 bridgehead atoms. The Kier molecular flexibility index (Phi) is 13.6. The average molecular weight is 590 g/mol. The van der Waals surface area contributed by atoms with Crippen molar-refractivity contribution in [1.82, 2.24) is 21.3 Å². The van der Waals surface area contributed by atoms with Gasteiger partial charge in [-0.2, -0.15) is 0 Å². The Morgan fingerprint density at radius 1 is 0.700 bits per heavy atom. The molecule has 8 heteroatoms. The second-order valence-corrected chi connectivity index (χ2v) is 12.4. The van der Waals surface area contributed by atoms with Gasteiger partial charge in [-0.15, -0.1) is 0 Å². The fourth-order valence-electron chi connectivity index (χ4n) is 5.19. The van der Waals surface area contributed by atoms with Crippen LogP contribution in [-0.2, 0) is 9.59 Å². The lowest BCUT2D eigenvalue weighted by Crippen LogP contribution is -2.37. The van der Waals surface area contributed by atoms with Crippen molar-refractivity contribution in [3.63, 3.8) is 0 Å². The van der Waals surface area contributed by atoms with Crippen LogP contribution in [0.1, 0.15) is 63.5 Å². The Hall–Kier alpha value is -1.80. The van der Waals surface area contributed by atoms with Crippen LogP contribution >= 0.6 is 23.2 Å². The molecule has 2 aromatic rings. The molecule has 0 radical (unpaired) electrons. The number of halogens is 2. The van der Waals surface area contributed by atoms with E-state index in [1.165, 1.54) is 0 Å². The number of carbonyl (C=O) groups is 2. The number of nitrogens with one attached hydrogen (secondary N) is 4. The number of Topliss-reactive ketones (excluding diaryl/α,β-unsaturated/α-hetero) is 2. The van der Waals surface area contributed by atoms with E-state index in [4.69, 9.17) is 23.2 Å². The van der Waals surface area contributed by atoms with E-state index in [2.05, 4.69) is 21.3 Å². The fourth-order valence-corrected chi connectivity index (χ4v) is 5.44. The third-order valence-electron chi connectivity index (χ3n) is 7.71. The number of carbonyl (C=O) groups excluding carboxylic acids is 2. The molecule has 2 fully saturated rings. The second kappa shape index (κ2) is 16.6. The topological polar surface area (TPSA) is 82.3 Å². The molecule has 2 aromatic carbocycles. The first kappa shape index (κ1) is 32.7. The van der Waals surface area contributed by atoms with Gasteiger partial charge in [0, 0.05) is 60.1 Å². The van der Waals surface area contributed by atoms with Gasteiger partial charge in [0.05, 0.1) is 11.8 Å². The zero-order valence-electron chi connectivity index (χ0n) is 24.3. The summed E-state index contributed by atoms with van der Waals surface area (Å²) in [6, 6.07) is 16.2. The quantitative estimate of drug-likeness (QED) is 0.273. The number of rotatable bonds is 12. The lowest BCUT2D eigenvalue weighted by Gasteiger charge is -2.21. The average Bonchev–Trinajstić information content (AvgIpc) is 3.65. The van der Waals surface area contributed by atoms with Crippen molar-refractivity contribution < 1.29 is 9.59 Å². The smallest absolute Gasteiger partial charge is 0.144 e. The zero-order chi connectivity index (χ0) is 29.1. The van der Waals surface area contributed by atoms with Crippen molar-refractivity contribution in [1.29, 1.82) is 0 Å². The molecule has 0 unspecified atom stereocenters. The third kappa shape index (κ3) is 10.2. The summed E-state index contributed by atoms with van der Waals surface area (Å²) in [5, 5.41) is 15.1. The Labute approximate surface area is 250 Å². The maximum Gasteiger partial charge on any atom is 0.144 e. The molecule has 2 heterocycles. The van der Waals surface area contributed by atoms with Crippen LogP contribution in [0.3, 0.4) is 0 Å². The van der Waals surface area contributed by atoms with Gasteiger partial charge in [-0.25, -0.2) is 0 Å². The molecule has 0 aromatic heterocycles. The van der Waals surface area contributed by atoms with E-state index >= 15 is 0 Å². The summed E-state index contributed by atoms with van der Waals surface area (Å²) in [4.78, 5) is 24.9. The van der Waals surface area contributed by atoms with Crippen LogP contribution in [0.2, 0.25) is 10.0 Å². The molecule has 40 heavy (non-hydrogen) atoms. The molecule has 2 aliphatic rings. The van der Waals surface area contributed by atoms with Crippen molar-refractivity contribution in [2.75, 3.05) is 39.3 Å². The minimum absolute atomic E-state index is 0.0409. The van der Waals surface area contributed by atoms with Crippen molar-refractivity contribution in [3.05, 3.63) is 69.7 Å². The highest BCUT2D eigenvalue weighted by Gasteiger charge is 2.26. The van der Waals surface area contributed by atoms with Crippen LogP contribution < -0.4 is 21.3 Å². The molecule has 0 amide bonds. The van der Waals surface area contributed by atoms with E-state index in [0.717, 1.165) is 50.1 Å². The molecule has 0 aliphatic carbocycles. The fraction of sp³-hybridized carbons (Fsp3) is 0.562.